The lowest BCUT2D eigenvalue weighted by atomic mass is 9.65. The lowest BCUT2D eigenvalue weighted by Gasteiger charge is -2.52. The fourth-order valence-electron chi connectivity index (χ4n) is 5.55. The van der Waals surface area contributed by atoms with Crippen LogP contribution in [0.15, 0.2) is 16.5 Å². The number of fused-ring (bicyclic) bond motifs is 4. The molecular weight excluding hydrogens is 293 g/mol. The summed E-state index contributed by atoms with van der Waals surface area (Å²) in [5.41, 5.74) is 1.79. The topological polar surface area (TPSA) is 36.6 Å². The highest BCUT2D eigenvalue weighted by molar-refractivity contribution is 5.84. The molecule has 4 aliphatic rings. The highest BCUT2D eigenvalue weighted by Gasteiger charge is 2.49. The fraction of sp³-hybridized carbons (Fsp3) is 0.579. The summed E-state index contributed by atoms with van der Waals surface area (Å²) in [6.45, 7) is 4.57. The number of phenols is 1. The average Bonchev–Trinajstić information content (AvgIpc) is 2.85. The van der Waals surface area contributed by atoms with Crippen LogP contribution in [0.4, 0.5) is 4.39 Å². The molecule has 4 bridgehead atoms. The molecule has 0 spiro atoms. The summed E-state index contributed by atoms with van der Waals surface area (Å²) >= 11 is 0. The molecule has 0 amide bonds. The van der Waals surface area contributed by atoms with Crippen molar-refractivity contribution in [2.24, 2.45) is 11.8 Å². The van der Waals surface area contributed by atoms with E-state index in [1.165, 1.54) is 37.4 Å². The smallest absolute Gasteiger partial charge is 0.168 e. The van der Waals surface area contributed by atoms with Gasteiger partial charge in [0, 0.05) is 42.1 Å². The van der Waals surface area contributed by atoms with E-state index in [1.54, 1.807) is 6.07 Å². The van der Waals surface area contributed by atoms with Gasteiger partial charge in [-0.3, -0.25) is 4.90 Å². The molecule has 4 heteroatoms. The molecule has 1 N–H and O–H groups in total. The van der Waals surface area contributed by atoms with Gasteiger partial charge in [0.2, 0.25) is 0 Å². The van der Waals surface area contributed by atoms with Gasteiger partial charge in [-0.15, -0.1) is 0 Å². The molecule has 4 heterocycles. The van der Waals surface area contributed by atoms with Crippen LogP contribution in [0.2, 0.25) is 0 Å². The van der Waals surface area contributed by atoms with Gasteiger partial charge in [-0.05, 0) is 37.2 Å². The number of piperidine rings is 2. The number of halogens is 1. The lowest BCUT2D eigenvalue weighted by Crippen LogP contribution is -2.56. The molecule has 3 fully saturated rings. The van der Waals surface area contributed by atoms with Crippen LogP contribution in [-0.2, 0) is 6.42 Å². The Balaban J connectivity index is 1.69. The van der Waals surface area contributed by atoms with Crippen molar-refractivity contribution in [1.82, 2.24) is 4.90 Å². The predicted molar refractivity (Wildman–Crippen MR) is 86.1 cm³/mol. The Morgan fingerprint density at radius 2 is 2.22 bits per heavy atom. The van der Waals surface area contributed by atoms with Crippen LogP contribution in [-0.4, -0.2) is 29.1 Å². The number of phenolic OH excluding ortho intramolecular Hbond substituents is 1. The van der Waals surface area contributed by atoms with Crippen molar-refractivity contribution in [1.29, 1.82) is 0 Å². The monoisotopic (exact) mass is 315 g/mol. The van der Waals surface area contributed by atoms with E-state index in [2.05, 4.69) is 11.8 Å². The van der Waals surface area contributed by atoms with Crippen LogP contribution in [0.5, 0.6) is 5.75 Å². The van der Waals surface area contributed by atoms with Crippen LogP contribution in [0.3, 0.4) is 0 Å². The summed E-state index contributed by atoms with van der Waals surface area (Å²) in [5.74, 6) is 2.14. The van der Waals surface area contributed by atoms with Gasteiger partial charge in [0.15, 0.2) is 11.6 Å². The van der Waals surface area contributed by atoms with Crippen molar-refractivity contribution in [3.63, 3.8) is 0 Å². The van der Waals surface area contributed by atoms with E-state index in [0.717, 1.165) is 35.9 Å². The van der Waals surface area contributed by atoms with Gasteiger partial charge in [-0.2, -0.15) is 0 Å². The number of hydrogen-bond donors (Lipinski definition) is 1. The van der Waals surface area contributed by atoms with Crippen molar-refractivity contribution in [3.05, 3.63) is 29.3 Å². The predicted octanol–water partition coefficient (Wildman–Crippen LogP) is 4.04. The summed E-state index contributed by atoms with van der Waals surface area (Å²) in [4.78, 5) is 2.67. The molecule has 1 aliphatic carbocycles. The normalized spacial score (nSPS) is 35.3. The number of rotatable bonds is 1. The molecule has 0 radical (unpaired) electrons. The van der Waals surface area contributed by atoms with Crippen molar-refractivity contribution >= 4 is 11.0 Å². The third-order valence-electron chi connectivity index (χ3n) is 6.43. The zero-order chi connectivity index (χ0) is 15.7. The molecule has 1 aromatic heterocycles. The Bertz CT molecular complexity index is 783. The van der Waals surface area contributed by atoms with E-state index >= 15 is 0 Å². The van der Waals surface area contributed by atoms with Crippen LogP contribution in [0.1, 0.15) is 43.4 Å². The summed E-state index contributed by atoms with van der Waals surface area (Å²) in [5, 5.41) is 10.7. The van der Waals surface area contributed by atoms with E-state index in [4.69, 9.17) is 4.42 Å². The van der Waals surface area contributed by atoms with E-state index in [0.29, 0.717) is 17.5 Å². The molecule has 3 nitrogen and oxygen atoms in total. The standard InChI is InChI=1S/C19H22FNO2/c1-2-11-5-10-6-14-18(11)21(9-10)4-3-12-13-7-16(22)15(20)8-17(13)23-19(12)14/h7-8,10-11,14,18,22H,2-6,9H2,1H3. The number of nitrogens with zero attached hydrogens (tertiary/aromatic N) is 1. The molecule has 122 valence electrons. The Kier molecular flexibility index (Phi) is 2.85. The van der Waals surface area contributed by atoms with Crippen molar-refractivity contribution in [2.75, 3.05) is 13.1 Å². The minimum Gasteiger partial charge on any atom is -0.505 e. The third kappa shape index (κ3) is 1.84. The first kappa shape index (κ1) is 13.8. The molecule has 2 aromatic rings. The van der Waals surface area contributed by atoms with Gasteiger partial charge in [0.25, 0.3) is 0 Å². The molecule has 3 aliphatic heterocycles. The maximum absolute atomic E-state index is 13.7. The number of furan rings is 1. The Morgan fingerprint density at radius 3 is 3.04 bits per heavy atom. The molecule has 2 saturated heterocycles. The maximum atomic E-state index is 13.7. The summed E-state index contributed by atoms with van der Waals surface area (Å²) in [7, 11) is 0. The highest BCUT2D eigenvalue weighted by Crippen LogP contribution is 2.52. The fourth-order valence-corrected chi connectivity index (χ4v) is 5.55. The average molecular weight is 315 g/mol. The van der Waals surface area contributed by atoms with Gasteiger partial charge < -0.3 is 9.52 Å². The summed E-state index contributed by atoms with van der Waals surface area (Å²) in [6.07, 6.45) is 4.70. The van der Waals surface area contributed by atoms with E-state index in [9.17, 15) is 9.50 Å². The van der Waals surface area contributed by atoms with Crippen LogP contribution in [0.25, 0.3) is 11.0 Å². The van der Waals surface area contributed by atoms with Gasteiger partial charge in [-0.1, -0.05) is 13.3 Å². The summed E-state index contributed by atoms with van der Waals surface area (Å²) < 4.78 is 19.9. The quantitative estimate of drug-likeness (QED) is 0.863. The number of benzene rings is 1. The first-order valence-electron chi connectivity index (χ1n) is 8.83. The maximum Gasteiger partial charge on any atom is 0.168 e. The van der Waals surface area contributed by atoms with Crippen LogP contribution < -0.4 is 0 Å². The molecule has 1 aromatic carbocycles. The molecule has 5 unspecified atom stereocenters. The molecule has 23 heavy (non-hydrogen) atoms. The van der Waals surface area contributed by atoms with Crippen LogP contribution >= 0.6 is 0 Å². The highest BCUT2D eigenvalue weighted by atomic mass is 19.1. The van der Waals surface area contributed by atoms with Gasteiger partial charge in [-0.25, -0.2) is 4.39 Å². The Labute approximate surface area is 135 Å². The van der Waals surface area contributed by atoms with Crippen molar-refractivity contribution in [2.45, 2.75) is 44.6 Å². The second-order valence-corrected chi connectivity index (χ2v) is 7.59. The minimum absolute atomic E-state index is 0.276. The molecule has 5 atom stereocenters. The largest absolute Gasteiger partial charge is 0.505 e. The zero-order valence-electron chi connectivity index (χ0n) is 13.4. The second-order valence-electron chi connectivity index (χ2n) is 7.59. The first-order chi connectivity index (χ1) is 11.2. The van der Waals surface area contributed by atoms with E-state index in [-0.39, 0.29) is 5.75 Å². The van der Waals surface area contributed by atoms with Gasteiger partial charge in [0.05, 0.1) is 0 Å². The van der Waals surface area contributed by atoms with E-state index in [1.807, 2.05) is 0 Å². The van der Waals surface area contributed by atoms with E-state index < -0.39 is 5.82 Å². The number of hydrogen-bond acceptors (Lipinski definition) is 3. The van der Waals surface area contributed by atoms with Gasteiger partial charge >= 0.3 is 0 Å². The molecule has 6 rings (SSSR count). The van der Waals surface area contributed by atoms with Crippen LogP contribution in [0, 0.1) is 17.7 Å². The molecule has 1 saturated carbocycles. The first-order valence-corrected chi connectivity index (χ1v) is 8.83. The third-order valence-corrected chi connectivity index (χ3v) is 6.43. The second kappa shape index (κ2) is 4.73. The lowest BCUT2D eigenvalue weighted by molar-refractivity contribution is -0.0169. The SMILES string of the molecule is CCC1CC2CC3c4oc5cc(F)c(O)cc5c4CCN(C2)C13. The van der Waals surface area contributed by atoms with Gasteiger partial charge in [0.1, 0.15) is 11.3 Å². The number of aromatic hydroxyl groups is 1. The van der Waals surface area contributed by atoms with Crippen molar-refractivity contribution in [3.8, 4) is 5.75 Å². The minimum atomic E-state index is -0.598. The Morgan fingerprint density at radius 1 is 1.35 bits per heavy atom. The molecular formula is C19H22FNO2. The Hall–Kier alpha value is -1.55. The van der Waals surface area contributed by atoms with Crippen molar-refractivity contribution < 1.29 is 13.9 Å². The zero-order valence-corrected chi connectivity index (χ0v) is 13.4. The summed E-state index contributed by atoms with van der Waals surface area (Å²) in [6, 6.07) is 3.47.